The Morgan fingerprint density at radius 1 is 1.29 bits per heavy atom. The van der Waals surface area contributed by atoms with E-state index < -0.39 is 0 Å². The van der Waals surface area contributed by atoms with Gasteiger partial charge < -0.3 is 4.98 Å². The Balaban J connectivity index is 2.14. The van der Waals surface area contributed by atoms with Crippen LogP contribution in [0.4, 0.5) is 0 Å². The Morgan fingerprint density at radius 3 is 2.88 bits per heavy atom. The molecule has 86 valence electrons. The lowest BCUT2D eigenvalue weighted by Gasteiger charge is -1.94. The predicted molar refractivity (Wildman–Crippen MR) is 67.6 cm³/mol. The van der Waals surface area contributed by atoms with E-state index in [1.54, 1.807) is 6.08 Å². The van der Waals surface area contributed by atoms with Crippen LogP contribution in [0.1, 0.15) is 18.9 Å². The molecule has 0 saturated heterocycles. The van der Waals surface area contributed by atoms with Crippen LogP contribution in [0.15, 0.2) is 36.5 Å². The molecule has 0 radical (unpaired) electrons. The van der Waals surface area contributed by atoms with Crippen LogP contribution < -0.4 is 0 Å². The number of hydrogen-bond acceptors (Lipinski definition) is 2. The minimum Gasteiger partial charge on any atom is -0.361 e. The molecule has 0 fully saturated rings. The van der Waals surface area contributed by atoms with Gasteiger partial charge in [-0.1, -0.05) is 18.2 Å². The molecular weight excluding hydrogens is 214 g/mol. The molecule has 0 aliphatic rings. The SMILES string of the molecule is CC(=O)CC(=O)/C=C/c1ccc2cc[nH]c2c1. The number of hydrogen-bond donors (Lipinski definition) is 1. The van der Waals surface area contributed by atoms with Crippen molar-refractivity contribution >= 4 is 28.5 Å². The summed E-state index contributed by atoms with van der Waals surface area (Å²) in [6.07, 6.45) is 5.03. The van der Waals surface area contributed by atoms with E-state index in [1.165, 1.54) is 13.0 Å². The highest BCUT2D eigenvalue weighted by Crippen LogP contribution is 2.15. The number of aromatic nitrogens is 1. The molecular formula is C14H13NO2. The first-order valence-electron chi connectivity index (χ1n) is 5.42. The molecule has 17 heavy (non-hydrogen) atoms. The third-order valence-corrected chi connectivity index (χ3v) is 2.46. The molecule has 0 aliphatic heterocycles. The first-order valence-corrected chi connectivity index (χ1v) is 5.42. The van der Waals surface area contributed by atoms with E-state index in [1.807, 2.05) is 30.5 Å². The Hall–Kier alpha value is -2.16. The largest absolute Gasteiger partial charge is 0.361 e. The second kappa shape index (κ2) is 4.78. The molecule has 1 heterocycles. The zero-order valence-electron chi connectivity index (χ0n) is 9.57. The summed E-state index contributed by atoms with van der Waals surface area (Å²) in [5, 5.41) is 1.14. The lowest BCUT2D eigenvalue weighted by molar-refractivity contribution is -0.123. The Bertz CT molecular complexity index is 593. The summed E-state index contributed by atoms with van der Waals surface area (Å²) in [4.78, 5) is 25.2. The molecule has 0 bridgehead atoms. The lowest BCUT2D eigenvalue weighted by Crippen LogP contribution is -1.99. The van der Waals surface area contributed by atoms with Crippen LogP contribution in [-0.4, -0.2) is 16.6 Å². The molecule has 3 heteroatoms. The fourth-order valence-electron chi connectivity index (χ4n) is 1.66. The summed E-state index contributed by atoms with van der Waals surface area (Å²) in [5.41, 5.74) is 1.98. The molecule has 1 N–H and O–H groups in total. The van der Waals surface area contributed by atoms with Gasteiger partial charge in [0, 0.05) is 11.7 Å². The van der Waals surface area contributed by atoms with Gasteiger partial charge in [-0.3, -0.25) is 9.59 Å². The molecule has 1 aromatic heterocycles. The topological polar surface area (TPSA) is 49.9 Å². The standard InChI is InChI=1S/C14H13NO2/c1-10(16)8-13(17)5-3-11-2-4-12-6-7-15-14(12)9-11/h2-7,9,15H,8H2,1H3/b5-3+. The van der Waals surface area contributed by atoms with Gasteiger partial charge in [0.25, 0.3) is 0 Å². The van der Waals surface area contributed by atoms with Crippen molar-refractivity contribution in [2.45, 2.75) is 13.3 Å². The molecule has 2 aromatic rings. The van der Waals surface area contributed by atoms with Crippen LogP contribution in [0.3, 0.4) is 0 Å². The minimum absolute atomic E-state index is 0.0265. The summed E-state index contributed by atoms with van der Waals surface area (Å²) in [6.45, 7) is 1.41. The van der Waals surface area contributed by atoms with Gasteiger partial charge in [0.2, 0.25) is 0 Å². The van der Waals surface area contributed by atoms with Gasteiger partial charge >= 0.3 is 0 Å². The molecule has 0 spiro atoms. The van der Waals surface area contributed by atoms with Gasteiger partial charge in [-0.05, 0) is 36.1 Å². The second-order valence-electron chi connectivity index (χ2n) is 4.00. The van der Waals surface area contributed by atoms with E-state index in [9.17, 15) is 9.59 Å². The number of allylic oxidation sites excluding steroid dienone is 1. The average molecular weight is 227 g/mol. The number of aromatic amines is 1. The van der Waals surface area contributed by atoms with Crippen molar-refractivity contribution in [3.8, 4) is 0 Å². The predicted octanol–water partition coefficient (Wildman–Crippen LogP) is 2.73. The normalized spacial score (nSPS) is 11.1. The Labute approximate surface area is 99.1 Å². The number of nitrogens with one attached hydrogen (secondary N) is 1. The van der Waals surface area contributed by atoms with E-state index in [2.05, 4.69) is 4.98 Å². The van der Waals surface area contributed by atoms with Crippen LogP contribution in [0, 0.1) is 0 Å². The van der Waals surface area contributed by atoms with Crippen LogP contribution >= 0.6 is 0 Å². The minimum atomic E-state index is -0.163. The number of carbonyl (C=O) groups excluding carboxylic acids is 2. The van der Waals surface area contributed by atoms with Crippen molar-refractivity contribution in [3.05, 3.63) is 42.1 Å². The quantitative estimate of drug-likeness (QED) is 0.645. The van der Waals surface area contributed by atoms with Crippen LogP contribution in [-0.2, 0) is 9.59 Å². The third kappa shape index (κ3) is 2.91. The van der Waals surface area contributed by atoms with E-state index in [4.69, 9.17) is 0 Å². The number of H-pyrrole nitrogens is 1. The highest BCUT2D eigenvalue weighted by Gasteiger charge is 2.00. The second-order valence-corrected chi connectivity index (χ2v) is 4.00. The number of ketones is 2. The summed E-state index contributed by atoms with van der Waals surface area (Å²) in [5.74, 6) is -0.274. The van der Waals surface area contributed by atoms with Gasteiger partial charge in [0.1, 0.15) is 5.78 Å². The van der Waals surface area contributed by atoms with Crippen molar-refractivity contribution in [2.75, 3.05) is 0 Å². The summed E-state index contributed by atoms with van der Waals surface area (Å²) < 4.78 is 0. The van der Waals surface area contributed by atoms with Crippen molar-refractivity contribution in [2.24, 2.45) is 0 Å². The molecule has 0 amide bonds. The highest BCUT2D eigenvalue weighted by atomic mass is 16.1. The molecule has 3 nitrogen and oxygen atoms in total. The van der Waals surface area contributed by atoms with Gasteiger partial charge in [-0.2, -0.15) is 0 Å². The first-order chi connectivity index (χ1) is 8.15. The van der Waals surface area contributed by atoms with Crippen LogP contribution in [0.25, 0.3) is 17.0 Å². The Morgan fingerprint density at radius 2 is 2.12 bits per heavy atom. The van der Waals surface area contributed by atoms with Crippen LogP contribution in [0.2, 0.25) is 0 Å². The first kappa shape index (κ1) is 11.3. The monoisotopic (exact) mass is 227 g/mol. The van der Waals surface area contributed by atoms with Gasteiger partial charge in [0.15, 0.2) is 5.78 Å². The van der Waals surface area contributed by atoms with Crippen molar-refractivity contribution in [3.63, 3.8) is 0 Å². The maximum atomic E-state index is 11.3. The number of benzene rings is 1. The fraction of sp³-hybridized carbons (Fsp3) is 0.143. The van der Waals surface area contributed by atoms with E-state index in [0.29, 0.717) is 0 Å². The van der Waals surface area contributed by atoms with E-state index in [0.717, 1.165) is 16.5 Å². The average Bonchev–Trinajstić information content (AvgIpc) is 2.72. The Kier molecular flexibility index (Phi) is 3.19. The molecule has 1 aromatic carbocycles. The zero-order chi connectivity index (χ0) is 12.3. The molecule has 2 rings (SSSR count). The number of carbonyl (C=O) groups is 2. The molecule has 0 unspecified atom stereocenters. The number of Topliss-reactive ketones (excluding diaryl/α,β-unsaturated/α-hetero) is 1. The summed E-state index contributed by atoms with van der Waals surface area (Å²) >= 11 is 0. The lowest BCUT2D eigenvalue weighted by atomic mass is 10.1. The maximum Gasteiger partial charge on any atom is 0.163 e. The van der Waals surface area contributed by atoms with Gasteiger partial charge in [-0.15, -0.1) is 0 Å². The van der Waals surface area contributed by atoms with Crippen molar-refractivity contribution < 1.29 is 9.59 Å². The summed E-state index contributed by atoms with van der Waals surface area (Å²) in [7, 11) is 0. The van der Waals surface area contributed by atoms with Crippen LogP contribution in [0.5, 0.6) is 0 Å². The van der Waals surface area contributed by atoms with E-state index in [-0.39, 0.29) is 18.0 Å². The molecule has 0 atom stereocenters. The maximum absolute atomic E-state index is 11.3. The van der Waals surface area contributed by atoms with E-state index >= 15 is 0 Å². The third-order valence-electron chi connectivity index (χ3n) is 2.46. The van der Waals surface area contributed by atoms with Crippen molar-refractivity contribution in [1.82, 2.24) is 4.98 Å². The smallest absolute Gasteiger partial charge is 0.163 e. The fourth-order valence-corrected chi connectivity index (χ4v) is 1.66. The molecule has 0 aliphatic carbocycles. The molecule has 0 saturated carbocycles. The van der Waals surface area contributed by atoms with Gasteiger partial charge in [-0.25, -0.2) is 0 Å². The van der Waals surface area contributed by atoms with Crippen molar-refractivity contribution in [1.29, 1.82) is 0 Å². The summed E-state index contributed by atoms with van der Waals surface area (Å²) in [6, 6.07) is 7.88. The highest BCUT2D eigenvalue weighted by molar-refractivity contribution is 6.05. The number of rotatable bonds is 4. The zero-order valence-corrected chi connectivity index (χ0v) is 9.57. The number of fused-ring (bicyclic) bond motifs is 1. The van der Waals surface area contributed by atoms with Gasteiger partial charge in [0.05, 0.1) is 6.42 Å².